The van der Waals surface area contributed by atoms with Gasteiger partial charge >= 0.3 is 15.6 Å². The van der Waals surface area contributed by atoms with E-state index in [2.05, 4.69) is 10.6 Å². The van der Waals surface area contributed by atoms with Crippen LogP contribution in [-0.2, 0) is 10.1 Å². The quantitative estimate of drug-likeness (QED) is 0.0497. The van der Waals surface area contributed by atoms with E-state index in [1.807, 2.05) is 0 Å². The van der Waals surface area contributed by atoms with Gasteiger partial charge in [-0.05, 0) is 55.0 Å². The summed E-state index contributed by atoms with van der Waals surface area (Å²) in [6.07, 6.45) is 17.8. The van der Waals surface area contributed by atoms with Gasteiger partial charge in [-0.25, -0.2) is 0 Å². The van der Waals surface area contributed by atoms with Crippen molar-refractivity contribution in [1.82, 2.24) is 0 Å². The Hall–Kier alpha value is -2.49. The minimum absolute atomic E-state index is 0.367. The van der Waals surface area contributed by atoms with E-state index >= 15 is 0 Å². The Morgan fingerprint density at radius 3 is 1.36 bits per heavy atom. The summed E-state index contributed by atoms with van der Waals surface area (Å²) in [5, 5.41) is 0. The highest BCUT2D eigenvalue weighted by Gasteiger charge is 2.57. The van der Waals surface area contributed by atoms with Crippen molar-refractivity contribution in [3.63, 3.8) is 0 Å². The zero-order chi connectivity index (χ0) is 31.7. The van der Waals surface area contributed by atoms with E-state index in [1.165, 1.54) is 77.0 Å². The van der Waals surface area contributed by atoms with Gasteiger partial charge < -0.3 is 4.74 Å². The highest BCUT2D eigenvalue weighted by atomic mass is 32.3. The molecule has 244 valence electrons. The fraction of sp³-hybridized carbons (Fsp3) is 0.486. The van der Waals surface area contributed by atoms with Gasteiger partial charge in [0.05, 0.1) is 31.6 Å². The molecular formula is C35H48F3O4S2+. The van der Waals surface area contributed by atoms with Crippen LogP contribution in [-0.4, -0.2) is 24.2 Å². The van der Waals surface area contributed by atoms with E-state index in [0.29, 0.717) is 27.0 Å². The molecule has 0 amide bonds. The van der Waals surface area contributed by atoms with E-state index in [4.69, 9.17) is 4.74 Å². The molecule has 0 radical (unpaired) electrons. The third-order valence-corrected chi connectivity index (χ3v) is 12.7. The molecule has 1 N–H and O–H groups in total. The fourth-order valence-electron chi connectivity index (χ4n) is 5.18. The van der Waals surface area contributed by atoms with E-state index in [1.54, 1.807) is 84.9 Å². The van der Waals surface area contributed by atoms with Crippen LogP contribution in [0.3, 0.4) is 0 Å². The number of benzene rings is 3. The summed E-state index contributed by atoms with van der Waals surface area (Å²) in [6.45, 7) is 2.79. The number of alkyl halides is 3. The van der Waals surface area contributed by atoms with Gasteiger partial charge in [-0.2, -0.15) is 13.2 Å². The van der Waals surface area contributed by atoms with Crippen LogP contribution in [0.15, 0.2) is 99.6 Å². The molecule has 3 aromatic rings. The summed E-state index contributed by atoms with van der Waals surface area (Å²) in [5.41, 5.74) is -5.52. The van der Waals surface area contributed by atoms with Crippen molar-refractivity contribution >= 4 is 20.4 Å². The van der Waals surface area contributed by atoms with Crippen LogP contribution < -0.4 is 4.74 Å². The lowest BCUT2D eigenvalue weighted by Crippen LogP contribution is -2.30. The van der Waals surface area contributed by atoms with Crippen molar-refractivity contribution in [2.24, 2.45) is 0 Å². The Morgan fingerprint density at radius 2 is 0.955 bits per heavy atom. The van der Waals surface area contributed by atoms with Gasteiger partial charge in [0.15, 0.2) is 0 Å². The molecule has 0 aliphatic heterocycles. The van der Waals surface area contributed by atoms with E-state index < -0.39 is 25.9 Å². The van der Waals surface area contributed by atoms with Gasteiger partial charge in [0.25, 0.3) is 0 Å². The summed E-state index contributed by atoms with van der Waals surface area (Å²) in [4.78, 5) is 1.14. The molecule has 0 aliphatic carbocycles. The van der Waals surface area contributed by atoms with Gasteiger partial charge in [0.1, 0.15) is 5.75 Å². The number of rotatable bonds is 21. The molecule has 0 heterocycles. The molecule has 0 saturated heterocycles. The molecule has 3 aromatic carbocycles. The molecule has 3 rings (SSSR count). The molecule has 0 spiro atoms. The topological polar surface area (TPSA) is 56.2 Å². The second-order valence-corrected chi connectivity index (χ2v) is 15.7. The van der Waals surface area contributed by atoms with Gasteiger partial charge in [0.2, 0.25) is 0 Å². The average Bonchev–Trinajstić information content (AvgIpc) is 3.02. The molecule has 0 bridgehead atoms. The van der Waals surface area contributed by atoms with Crippen LogP contribution >= 0.6 is 10.3 Å². The summed E-state index contributed by atoms with van der Waals surface area (Å²) in [6, 6.07) is 23.3. The first-order chi connectivity index (χ1) is 21.2. The molecule has 0 atom stereocenters. The first-order valence-corrected chi connectivity index (χ1v) is 19.0. The number of unbranched alkanes of at least 4 members (excludes halogenated alkanes) is 13. The van der Waals surface area contributed by atoms with Crippen LogP contribution in [0.1, 0.15) is 96.8 Å². The monoisotopic (exact) mass is 653 g/mol. The maximum Gasteiger partial charge on any atom is 0.572 e. The molecular weight excluding hydrogens is 606 g/mol. The van der Waals surface area contributed by atoms with Gasteiger partial charge in [-0.15, -0.1) is 8.42 Å². The van der Waals surface area contributed by atoms with Gasteiger partial charge in [0, 0.05) is 0 Å². The van der Waals surface area contributed by atoms with Crippen molar-refractivity contribution in [2.75, 3.05) is 6.61 Å². The van der Waals surface area contributed by atoms with Crippen molar-refractivity contribution in [3.05, 3.63) is 84.9 Å². The second-order valence-electron chi connectivity index (χ2n) is 11.1. The maximum absolute atomic E-state index is 13.7. The SMILES string of the molecule is CCCCCCCCCCCCCCCCOc1ccc(S([OH+]S(=O)(=O)C(F)(F)F)(c2ccccc2)c2ccccc2)cc1. The standard InChI is InChI=1S/C35H47F3O4S2/c1-2-3-4-5-6-7-8-9-10-11-12-13-14-21-30-41-31-26-28-34(29-27-31)43(32-22-17-15-18-23-32,33-24-19-16-20-25-33)42-44(39,40)35(36,37)38/h15-20,22-29H,2-14,21,30H2,1H3/p+1. The Kier molecular flexibility index (Phi) is 15.1. The fourth-order valence-corrected chi connectivity index (χ4v) is 10.2. The second kappa shape index (κ2) is 18.5. The van der Waals surface area contributed by atoms with Crippen LogP contribution in [0, 0.1) is 0 Å². The lowest BCUT2D eigenvalue weighted by atomic mass is 10.0. The Labute approximate surface area is 264 Å². The highest BCUT2D eigenvalue weighted by Crippen LogP contribution is 2.68. The van der Waals surface area contributed by atoms with Crippen LogP contribution in [0.25, 0.3) is 0 Å². The van der Waals surface area contributed by atoms with Crippen molar-refractivity contribution in [3.8, 4) is 5.75 Å². The predicted molar refractivity (Wildman–Crippen MR) is 175 cm³/mol. The zero-order valence-corrected chi connectivity index (χ0v) is 27.4. The van der Waals surface area contributed by atoms with E-state index in [0.717, 1.165) is 12.8 Å². The van der Waals surface area contributed by atoms with Crippen molar-refractivity contribution in [1.29, 1.82) is 0 Å². The van der Waals surface area contributed by atoms with Gasteiger partial charge in [-0.1, -0.05) is 127 Å². The van der Waals surface area contributed by atoms with Crippen LogP contribution in [0.2, 0.25) is 0 Å². The molecule has 9 heteroatoms. The summed E-state index contributed by atoms with van der Waals surface area (Å²) < 4.78 is 75.7. The molecule has 0 saturated carbocycles. The summed E-state index contributed by atoms with van der Waals surface area (Å²) >= 11 is 0. The molecule has 0 aromatic heterocycles. The van der Waals surface area contributed by atoms with Crippen molar-refractivity contribution in [2.45, 2.75) is 117 Å². The molecule has 0 aliphatic rings. The average molecular weight is 654 g/mol. The van der Waals surface area contributed by atoms with E-state index in [9.17, 15) is 21.6 Å². The first-order valence-electron chi connectivity index (χ1n) is 15.9. The largest absolute Gasteiger partial charge is 0.572 e. The van der Waals surface area contributed by atoms with Crippen LogP contribution in [0.5, 0.6) is 5.75 Å². The maximum atomic E-state index is 13.7. The lowest BCUT2D eigenvalue weighted by Gasteiger charge is -2.34. The zero-order valence-electron chi connectivity index (χ0n) is 25.8. The normalized spacial score (nSPS) is 12.7. The minimum atomic E-state index is -5.82. The van der Waals surface area contributed by atoms with Crippen molar-refractivity contribution < 1.29 is 30.0 Å². The molecule has 0 unspecified atom stereocenters. The lowest BCUT2D eigenvalue weighted by molar-refractivity contribution is -0.0540. The molecule has 44 heavy (non-hydrogen) atoms. The Bertz CT molecular complexity index is 1260. The summed E-state index contributed by atoms with van der Waals surface area (Å²) in [5.74, 6) is 0.580. The Morgan fingerprint density at radius 1 is 0.568 bits per heavy atom. The number of hydrogen-bond acceptors (Lipinski definition) is 3. The Balaban J connectivity index is 1.56. The van der Waals surface area contributed by atoms with E-state index in [-0.39, 0.29) is 0 Å². The van der Waals surface area contributed by atoms with Gasteiger partial charge in [-0.3, -0.25) is 3.63 Å². The smallest absolute Gasteiger partial charge is 0.494 e. The van der Waals surface area contributed by atoms with Crippen LogP contribution in [0.4, 0.5) is 13.2 Å². The third-order valence-electron chi connectivity index (χ3n) is 7.60. The number of hydrogen-bond donors (Lipinski definition) is 0. The highest BCUT2D eigenvalue weighted by molar-refractivity contribution is 8.32. The third kappa shape index (κ3) is 10.8. The molecule has 0 fully saturated rings. The molecule has 4 nitrogen and oxygen atoms in total. The number of ether oxygens (including phenoxy) is 1. The minimum Gasteiger partial charge on any atom is -0.494 e. The predicted octanol–water partition coefficient (Wildman–Crippen LogP) is 11.7. The number of halogens is 3. The summed E-state index contributed by atoms with van der Waals surface area (Å²) in [7, 11) is -9.00. The first kappa shape index (κ1) is 36.0.